The molecule has 0 radical (unpaired) electrons. The molecule has 0 saturated heterocycles. The largest absolute Gasteiger partial charge is 0.481 e. The van der Waals surface area contributed by atoms with Crippen molar-refractivity contribution in [1.82, 2.24) is 9.71 Å². The Balaban J connectivity index is 2.10. The van der Waals surface area contributed by atoms with E-state index in [0.717, 1.165) is 16.9 Å². The molecule has 8 heteroatoms. The molecule has 0 unspecified atom stereocenters. The fourth-order valence-electron chi connectivity index (χ4n) is 1.68. The number of thiophene rings is 1. The number of carboxylic acid groups (broad SMARTS) is 1. The molecule has 0 atom stereocenters. The van der Waals surface area contributed by atoms with Gasteiger partial charge in [-0.25, -0.2) is 13.1 Å². The maximum Gasteiger partial charge on any atom is 0.308 e. The van der Waals surface area contributed by atoms with Crippen molar-refractivity contribution in [3.05, 3.63) is 46.6 Å². The number of carbonyl (C=O) groups is 1. The summed E-state index contributed by atoms with van der Waals surface area (Å²) in [5, 5.41) is 8.69. The van der Waals surface area contributed by atoms with E-state index in [0.29, 0.717) is 10.6 Å². The van der Waals surface area contributed by atoms with Crippen molar-refractivity contribution >= 4 is 27.3 Å². The lowest BCUT2D eigenvalue weighted by Crippen LogP contribution is -2.23. The Morgan fingerprint density at radius 2 is 2.14 bits per heavy atom. The summed E-state index contributed by atoms with van der Waals surface area (Å²) in [5.41, 5.74) is 1.56. The van der Waals surface area contributed by atoms with Crippen LogP contribution in [0.2, 0.25) is 0 Å². The molecule has 0 aromatic carbocycles. The fourth-order valence-corrected chi connectivity index (χ4v) is 4.06. The van der Waals surface area contributed by atoms with E-state index < -0.39 is 16.0 Å². The summed E-state index contributed by atoms with van der Waals surface area (Å²) >= 11 is 0.956. The molecule has 2 heterocycles. The van der Waals surface area contributed by atoms with E-state index >= 15 is 0 Å². The van der Waals surface area contributed by atoms with Crippen LogP contribution in [0.4, 0.5) is 0 Å². The Morgan fingerprint density at radius 1 is 1.38 bits per heavy atom. The van der Waals surface area contributed by atoms with Crippen molar-refractivity contribution in [2.75, 3.05) is 0 Å². The Labute approximate surface area is 126 Å². The van der Waals surface area contributed by atoms with E-state index in [9.17, 15) is 13.2 Å². The first-order chi connectivity index (χ1) is 9.88. The number of nitrogens with one attached hydrogen (secondary N) is 1. The summed E-state index contributed by atoms with van der Waals surface area (Å²) in [6.07, 6.45) is 1.42. The Bertz CT molecular complexity index is 753. The zero-order chi connectivity index (χ0) is 15.5. The van der Waals surface area contributed by atoms with Crippen LogP contribution in [0.5, 0.6) is 0 Å². The second-order valence-corrected chi connectivity index (χ2v) is 7.54. The van der Waals surface area contributed by atoms with E-state index in [-0.39, 0.29) is 17.2 Å². The maximum atomic E-state index is 12.1. The summed E-state index contributed by atoms with van der Waals surface area (Å²) in [7, 11) is -3.65. The molecule has 0 bridgehead atoms. The normalized spacial score (nSPS) is 11.5. The lowest BCUT2D eigenvalue weighted by atomic mass is 10.2. The third-order valence-corrected chi connectivity index (χ3v) is 5.75. The van der Waals surface area contributed by atoms with Crippen LogP contribution in [0, 0.1) is 6.92 Å². The van der Waals surface area contributed by atoms with Crippen LogP contribution >= 0.6 is 11.3 Å². The maximum absolute atomic E-state index is 12.1. The minimum absolute atomic E-state index is 0.0984. The van der Waals surface area contributed by atoms with Gasteiger partial charge in [-0.05, 0) is 30.7 Å². The SMILES string of the molecule is Cc1cccnc1CNS(=O)(=O)c1ccc(CC(=O)O)s1. The number of aryl methyl sites for hydroxylation is 1. The fraction of sp³-hybridized carbons (Fsp3) is 0.231. The van der Waals surface area contributed by atoms with Gasteiger partial charge >= 0.3 is 5.97 Å². The van der Waals surface area contributed by atoms with Gasteiger partial charge in [0, 0.05) is 11.1 Å². The van der Waals surface area contributed by atoms with E-state index in [2.05, 4.69) is 9.71 Å². The van der Waals surface area contributed by atoms with Crippen molar-refractivity contribution in [1.29, 1.82) is 0 Å². The number of pyridine rings is 1. The van der Waals surface area contributed by atoms with Gasteiger partial charge in [0.2, 0.25) is 10.0 Å². The zero-order valence-corrected chi connectivity index (χ0v) is 12.9. The van der Waals surface area contributed by atoms with Crippen molar-refractivity contribution in [3.8, 4) is 0 Å². The first-order valence-corrected chi connectivity index (χ1v) is 8.39. The van der Waals surface area contributed by atoms with Crippen molar-refractivity contribution in [2.24, 2.45) is 0 Å². The van der Waals surface area contributed by atoms with E-state index in [1.165, 1.54) is 12.1 Å². The van der Waals surface area contributed by atoms with Gasteiger partial charge in [0.05, 0.1) is 18.7 Å². The highest BCUT2D eigenvalue weighted by atomic mass is 32.2. The van der Waals surface area contributed by atoms with Gasteiger partial charge in [-0.3, -0.25) is 9.78 Å². The number of hydrogen-bond acceptors (Lipinski definition) is 5. The van der Waals surface area contributed by atoms with Gasteiger partial charge in [0.1, 0.15) is 4.21 Å². The lowest BCUT2D eigenvalue weighted by Gasteiger charge is -2.06. The Morgan fingerprint density at radius 3 is 2.81 bits per heavy atom. The van der Waals surface area contributed by atoms with E-state index in [4.69, 9.17) is 5.11 Å². The van der Waals surface area contributed by atoms with Gasteiger partial charge < -0.3 is 5.11 Å². The third kappa shape index (κ3) is 4.10. The molecule has 0 amide bonds. The first-order valence-electron chi connectivity index (χ1n) is 6.09. The minimum Gasteiger partial charge on any atom is -0.481 e. The van der Waals surface area contributed by atoms with Crippen molar-refractivity contribution < 1.29 is 18.3 Å². The summed E-state index contributed by atoms with van der Waals surface area (Å²) in [6, 6.07) is 6.56. The topological polar surface area (TPSA) is 96.4 Å². The molecule has 2 N–H and O–H groups in total. The molecule has 2 rings (SSSR count). The van der Waals surface area contributed by atoms with Crippen LogP contribution in [0.3, 0.4) is 0 Å². The standard InChI is InChI=1S/C13H14N2O4S2/c1-9-3-2-6-14-11(9)8-15-21(18,19)13-5-4-10(20-13)7-12(16)17/h2-6,15H,7-8H2,1H3,(H,16,17). The predicted molar refractivity (Wildman–Crippen MR) is 78.7 cm³/mol. The van der Waals surface area contributed by atoms with Gasteiger partial charge in [-0.15, -0.1) is 11.3 Å². The summed E-state index contributed by atoms with van der Waals surface area (Å²) in [4.78, 5) is 15.2. The molecule has 0 saturated carbocycles. The van der Waals surface area contributed by atoms with Gasteiger partial charge in [0.15, 0.2) is 0 Å². The number of nitrogens with zero attached hydrogens (tertiary/aromatic N) is 1. The second kappa shape index (κ2) is 6.33. The van der Waals surface area contributed by atoms with Gasteiger partial charge in [-0.1, -0.05) is 6.07 Å². The first kappa shape index (κ1) is 15.6. The Kier molecular flexibility index (Phi) is 4.71. The zero-order valence-electron chi connectivity index (χ0n) is 11.2. The van der Waals surface area contributed by atoms with Crippen LogP contribution in [-0.2, 0) is 27.8 Å². The molecule has 0 aliphatic heterocycles. The molecular weight excluding hydrogens is 312 g/mol. The molecule has 0 aliphatic rings. The van der Waals surface area contributed by atoms with Crippen molar-refractivity contribution in [3.63, 3.8) is 0 Å². The number of hydrogen-bond donors (Lipinski definition) is 2. The Hall–Kier alpha value is -1.77. The van der Waals surface area contributed by atoms with E-state index in [1.807, 2.05) is 13.0 Å². The lowest BCUT2D eigenvalue weighted by molar-refractivity contribution is -0.136. The van der Waals surface area contributed by atoms with Gasteiger partial charge in [-0.2, -0.15) is 0 Å². The van der Waals surface area contributed by atoms with Crippen molar-refractivity contribution in [2.45, 2.75) is 24.1 Å². The molecule has 2 aromatic rings. The van der Waals surface area contributed by atoms with Crippen LogP contribution in [0.15, 0.2) is 34.7 Å². The monoisotopic (exact) mass is 326 g/mol. The highest BCUT2D eigenvalue weighted by Gasteiger charge is 2.18. The number of aliphatic carboxylic acids is 1. The average Bonchev–Trinajstić information content (AvgIpc) is 2.86. The van der Waals surface area contributed by atoms with Crippen LogP contribution < -0.4 is 4.72 Å². The number of sulfonamides is 1. The highest BCUT2D eigenvalue weighted by molar-refractivity contribution is 7.91. The quantitative estimate of drug-likeness (QED) is 0.840. The summed E-state index contributed by atoms with van der Waals surface area (Å²) in [5.74, 6) is -0.988. The second-order valence-electron chi connectivity index (χ2n) is 4.38. The molecule has 21 heavy (non-hydrogen) atoms. The molecular formula is C13H14N2O4S2. The molecule has 0 fully saturated rings. The minimum atomic E-state index is -3.65. The predicted octanol–water partition coefficient (Wildman–Crippen LogP) is 1.56. The molecule has 0 spiro atoms. The molecule has 112 valence electrons. The number of aromatic nitrogens is 1. The van der Waals surface area contributed by atoms with Crippen LogP contribution in [0.1, 0.15) is 16.1 Å². The molecule has 6 nitrogen and oxygen atoms in total. The number of rotatable bonds is 6. The molecule has 2 aromatic heterocycles. The summed E-state index contributed by atoms with van der Waals surface area (Å²) < 4.78 is 26.9. The third-order valence-electron chi connectivity index (χ3n) is 2.77. The van der Waals surface area contributed by atoms with Crippen LogP contribution in [-0.4, -0.2) is 24.5 Å². The highest BCUT2D eigenvalue weighted by Crippen LogP contribution is 2.22. The van der Waals surface area contributed by atoms with Gasteiger partial charge in [0.25, 0.3) is 0 Å². The average molecular weight is 326 g/mol. The number of carboxylic acids is 1. The smallest absolute Gasteiger partial charge is 0.308 e. The van der Waals surface area contributed by atoms with E-state index in [1.54, 1.807) is 12.3 Å². The molecule has 0 aliphatic carbocycles. The summed E-state index contributed by atoms with van der Waals surface area (Å²) in [6.45, 7) is 1.95. The van der Waals surface area contributed by atoms with Crippen LogP contribution in [0.25, 0.3) is 0 Å².